The Morgan fingerprint density at radius 3 is 2.59 bits per heavy atom. The van der Waals surface area contributed by atoms with Crippen LogP contribution in [0.15, 0.2) is 30.3 Å². The molecule has 17 heavy (non-hydrogen) atoms. The van der Waals surface area contributed by atoms with Gasteiger partial charge in [0.2, 0.25) is 0 Å². The molecule has 94 valence electrons. The summed E-state index contributed by atoms with van der Waals surface area (Å²) >= 11 is 0. The number of sulfone groups is 1. The van der Waals surface area contributed by atoms with Gasteiger partial charge in [0.05, 0.1) is 17.1 Å². The highest BCUT2D eigenvalue weighted by molar-refractivity contribution is 7.91. The minimum atomic E-state index is -3.04. The largest absolute Gasteiger partial charge is 0.389 e. The van der Waals surface area contributed by atoms with Crippen LogP contribution in [0.2, 0.25) is 0 Å². The molecule has 0 spiro atoms. The monoisotopic (exact) mass is 254 g/mol. The van der Waals surface area contributed by atoms with Crippen molar-refractivity contribution < 1.29 is 13.5 Å². The topological polar surface area (TPSA) is 54.4 Å². The first-order valence-corrected chi connectivity index (χ1v) is 7.78. The van der Waals surface area contributed by atoms with Crippen molar-refractivity contribution in [2.75, 3.05) is 11.5 Å². The molecule has 0 saturated carbocycles. The third kappa shape index (κ3) is 3.54. The smallest absolute Gasteiger partial charge is 0.153 e. The van der Waals surface area contributed by atoms with Gasteiger partial charge in [-0.3, -0.25) is 0 Å². The van der Waals surface area contributed by atoms with Crippen molar-refractivity contribution >= 4 is 9.84 Å². The van der Waals surface area contributed by atoms with Crippen LogP contribution in [0.4, 0.5) is 0 Å². The zero-order valence-corrected chi connectivity index (χ0v) is 10.6. The molecule has 1 atom stereocenters. The number of benzene rings is 1. The minimum absolute atomic E-state index is 0.0766. The van der Waals surface area contributed by atoms with Gasteiger partial charge in [-0.05, 0) is 31.2 Å². The van der Waals surface area contributed by atoms with E-state index in [0.717, 1.165) is 12.0 Å². The summed E-state index contributed by atoms with van der Waals surface area (Å²) in [5.74, 6) is 0.146. The Kier molecular flexibility index (Phi) is 3.54. The maximum absolute atomic E-state index is 11.5. The molecule has 1 fully saturated rings. The Balaban J connectivity index is 1.98. The standard InChI is InChI=1S/C13H18O3S/c14-13(8-4-10-17(15,16)11-13)9-7-12-5-2-1-3-6-12/h1-3,5-6,14H,4,7-11H2. The minimum Gasteiger partial charge on any atom is -0.389 e. The molecule has 3 nitrogen and oxygen atoms in total. The summed E-state index contributed by atoms with van der Waals surface area (Å²) < 4.78 is 23.0. The average Bonchev–Trinajstić information content (AvgIpc) is 2.26. The van der Waals surface area contributed by atoms with Gasteiger partial charge in [0.25, 0.3) is 0 Å². The molecule has 0 radical (unpaired) electrons. The van der Waals surface area contributed by atoms with E-state index >= 15 is 0 Å². The first kappa shape index (κ1) is 12.6. The van der Waals surface area contributed by atoms with Crippen LogP contribution in [-0.4, -0.2) is 30.6 Å². The summed E-state index contributed by atoms with van der Waals surface area (Å²) in [7, 11) is -3.04. The van der Waals surface area contributed by atoms with Crippen molar-refractivity contribution in [3.63, 3.8) is 0 Å². The SMILES string of the molecule is O=S1(=O)CCCC(O)(CCc2ccccc2)C1. The van der Waals surface area contributed by atoms with Crippen LogP contribution < -0.4 is 0 Å². The van der Waals surface area contributed by atoms with E-state index < -0.39 is 15.4 Å². The Morgan fingerprint density at radius 1 is 1.24 bits per heavy atom. The fourth-order valence-corrected chi connectivity index (χ4v) is 4.23. The Bertz CT molecular complexity index is 467. The molecule has 1 N–H and O–H groups in total. The average molecular weight is 254 g/mol. The van der Waals surface area contributed by atoms with Gasteiger partial charge in [-0.1, -0.05) is 30.3 Å². The first-order chi connectivity index (χ1) is 7.99. The van der Waals surface area contributed by atoms with Crippen LogP contribution in [-0.2, 0) is 16.3 Å². The highest BCUT2D eigenvalue weighted by Crippen LogP contribution is 2.27. The number of hydrogen-bond acceptors (Lipinski definition) is 3. The molecule has 2 rings (SSSR count). The molecule has 1 aliphatic heterocycles. The van der Waals surface area contributed by atoms with E-state index in [2.05, 4.69) is 0 Å². The molecule has 1 aromatic rings. The zero-order valence-electron chi connectivity index (χ0n) is 9.80. The van der Waals surface area contributed by atoms with Gasteiger partial charge in [-0.15, -0.1) is 0 Å². The third-order valence-corrected chi connectivity index (χ3v) is 5.20. The van der Waals surface area contributed by atoms with E-state index in [9.17, 15) is 13.5 Å². The van der Waals surface area contributed by atoms with Crippen LogP contribution >= 0.6 is 0 Å². The summed E-state index contributed by atoms with van der Waals surface area (Å²) in [6.45, 7) is 0. The second kappa shape index (κ2) is 4.78. The number of hydrogen-bond donors (Lipinski definition) is 1. The van der Waals surface area contributed by atoms with E-state index in [1.165, 1.54) is 0 Å². The lowest BCUT2D eigenvalue weighted by Crippen LogP contribution is -2.42. The van der Waals surface area contributed by atoms with Gasteiger partial charge >= 0.3 is 0 Å². The molecular weight excluding hydrogens is 236 g/mol. The van der Waals surface area contributed by atoms with Crippen LogP contribution in [0.3, 0.4) is 0 Å². The lowest BCUT2D eigenvalue weighted by atomic mass is 9.92. The number of rotatable bonds is 3. The second-order valence-electron chi connectivity index (χ2n) is 4.91. The summed E-state index contributed by atoms with van der Waals surface area (Å²) in [4.78, 5) is 0. The van der Waals surface area contributed by atoms with Gasteiger partial charge in [0.1, 0.15) is 0 Å². The summed E-state index contributed by atoms with van der Waals surface area (Å²) in [5.41, 5.74) is 0.122. The van der Waals surface area contributed by atoms with E-state index in [0.29, 0.717) is 19.3 Å². The summed E-state index contributed by atoms with van der Waals surface area (Å²) in [5, 5.41) is 10.3. The molecular formula is C13H18O3S. The van der Waals surface area contributed by atoms with Gasteiger partial charge < -0.3 is 5.11 Å². The highest BCUT2D eigenvalue weighted by Gasteiger charge is 2.36. The van der Waals surface area contributed by atoms with Crippen LogP contribution in [0.5, 0.6) is 0 Å². The van der Waals surface area contributed by atoms with E-state index in [-0.39, 0.29) is 11.5 Å². The Labute approximate surface area is 102 Å². The molecule has 1 heterocycles. The normalized spacial score (nSPS) is 27.8. The van der Waals surface area contributed by atoms with Crippen LogP contribution in [0.1, 0.15) is 24.8 Å². The highest BCUT2D eigenvalue weighted by atomic mass is 32.2. The van der Waals surface area contributed by atoms with Gasteiger partial charge in [-0.25, -0.2) is 8.42 Å². The fraction of sp³-hybridized carbons (Fsp3) is 0.538. The maximum Gasteiger partial charge on any atom is 0.153 e. The fourth-order valence-electron chi connectivity index (χ4n) is 2.39. The predicted octanol–water partition coefficient (Wildman–Crippen LogP) is 1.56. The second-order valence-corrected chi connectivity index (χ2v) is 7.09. The lowest BCUT2D eigenvalue weighted by Gasteiger charge is -2.31. The molecule has 1 aromatic carbocycles. The van der Waals surface area contributed by atoms with Crippen molar-refractivity contribution in [3.05, 3.63) is 35.9 Å². The molecule has 0 aliphatic carbocycles. The third-order valence-electron chi connectivity index (χ3n) is 3.31. The maximum atomic E-state index is 11.5. The molecule has 0 amide bonds. The van der Waals surface area contributed by atoms with Gasteiger partial charge in [0.15, 0.2) is 9.84 Å². The first-order valence-electron chi connectivity index (χ1n) is 5.96. The zero-order chi connectivity index (χ0) is 12.4. The molecule has 1 unspecified atom stereocenters. The van der Waals surface area contributed by atoms with Crippen molar-refractivity contribution in [2.45, 2.75) is 31.3 Å². The van der Waals surface area contributed by atoms with Gasteiger partial charge in [-0.2, -0.15) is 0 Å². The van der Waals surface area contributed by atoms with Crippen molar-refractivity contribution in [1.29, 1.82) is 0 Å². The quantitative estimate of drug-likeness (QED) is 0.890. The lowest BCUT2D eigenvalue weighted by molar-refractivity contribution is 0.0414. The van der Waals surface area contributed by atoms with E-state index in [1.54, 1.807) is 0 Å². The number of aliphatic hydroxyl groups is 1. The predicted molar refractivity (Wildman–Crippen MR) is 67.6 cm³/mol. The Hall–Kier alpha value is -0.870. The van der Waals surface area contributed by atoms with Crippen molar-refractivity contribution in [2.24, 2.45) is 0 Å². The van der Waals surface area contributed by atoms with Gasteiger partial charge in [0, 0.05) is 0 Å². The van der Waals surface area contributed by atoms with Crippen molar-refractivity contribution in [3.8, 4) is 0 Å². The van der Waals surface area contributed by atoms with Crippen LogP contribution in [0.25, 0.3) is 0 Å². The molecule has 1 saturated heterocycles. The summed E-state index contributed by atoms with van der Waals surface area (Å²) in [6, 6.07) is 9.86. The Morgan fingerprint density at radius 2 is 1.94 bits per heavy atom. The molecule has 0 bridgehead atoms. The van der Waals surface area contributed by atoms with Crippen LogP contribution in [0, 0.1) is 0 Å². The number of aryl methyl sites for hydroxylation is 1. The summed E-state index contributed by atoms with van der Waals surface area (Å²) in [6.07, 6.45) is 2.43. The van der Waals surface area contributed by atoms with E-state index in [1.807, 2.05) is 30.3 Å². The van der Waals surface area contributed by atoms with Crippen molar-refractivity contribution in [1.82, 2.24) is 0 Å². The molecule has 1 aliphatic rings. The van der Waals surface area contributed by atoms with E-state index in [4.69, 9.17) is 0 Å². The molecule has 4 heteroatoms. The molecule has 0 aromatic heterocycles.